The lowest BCUT2D eigenvalue weighted by Crippen LogP contribution is -2.30. The molecule has 0 aliphatic rings. The molecular formula is C13H14BrNO2S. The molecule has 2 rings (SSSR count). The number of sulfonamides is 1. The fraction of sp³-hybridized carbons (Fsp3) is 0.231. The van der Waals surface area contributed by atoms with Gasteiger partial charge in [-0.1, -0.05) is 40.2 Å². The van der Waals surface area contributed by atoms with Crippen LogP contribution in [0.1, 0.15) is 13.8 Å². The first kappa shape index (κ1) is 13.5. The van der Waals surface area contributed by atoms with Crippen molar-refractivity contribution < 1.29 is 8.42 Å². The maximum Gasteiger partial charge on any atom is 0.241 e. The molecule has 0 heterocycles. The van der Waals surface area contributed by atoms with Crippen molar-refractivity contribution >= 4 is 36.7 Å². The van der Waals surface area contributed by atoms with Gasteiger partial charge >= 0.3 is 0 Å². The summed E-state index contributed by atoms with van der Waals surface area (Å²) in [5, 5.41) is 1.61. The minimum Gasteiger partial charge on any atom is -0.209 e. The van der Waals surface area contributed by atoms with Crippen molar-refractivity contribution in [1.82, 2.24) is 4.72 Å². The zero-order valence-corrected chi connectivity index (χ0v) is 12.5. The molecule has 18 heavy (non-hydrogen) atoms. The van der Waals surface area contributed by atoms with Crippen molar-refractivity contribution in [1.29, 1.82) is 0 Å². The van der Waals surface area contributed by atoms with Gasteiger partial charge in [0.15, 0.2) is 0 Å². The molecule has 0 fully saturated rings. The van der Waals surface area contributed by atoms with Crippen LogP contribution >= 0.6 is 15.9 Å². The third-order valence-electron chi connectivity index (χ3n) is 2.51. The van der Waals surface area contributed by atoms with E-state index in [-0.39, 0.29) is 6.04 Å². The average Bonchev–Trinajstić information content (AvgIpc) is 2.27. The Morgan fingerprint density at radius 2 is 1.67 bits per heavy atom. The van der Waals surface area contributed by atoms with Gasteiger partial charge in [0.1, 0.15) is 0 Å². The molecule has 0 aliphatic heterocycles. The van der Waals surface area contributed by atoms with Crippen LogP contribution in [0.2, 0.25) is 0 Å². The number of halogens is 1. The average molecular weight is 328 g/mol. The van der Waals surface area contributed by atoms with Crippen LogP contribution in [0.3, 0.4) is 0 Å². The summed E-state index contributed by atoms with van der Waals surface area (Å²) < 4.78 is 28.0. The number of fused-ring (bicyclic) bond motifs is 1. The van der Waals surface area contributed by atoms with E-state index < -0.39 is 10.0 Å². The van der Waals surface area contributed by atoms with Gasteiger partial charge < -0.3 is 0 Å². The fourth-order valence-electron chi connectivity index (χ4n) is 1.84. The Labute approximate surface area is 115 Å². The Bertz CT molecular complexity index is 680. The van der Waals surface area contributed by atoms with Crippen LogP contribution in [0.4, 0.5) is 0 Å². The molecule has 0 bridgehead atoms. The van der Waals surface area contributed by atoms with Crippen LogP contribution in [0.25, 0.3) is 10.8 Å². The Kier molecular flexibility index (Phi) is 3.75. The molecule has 0 saturated carbocycles. The second-order valence-corrected chi connectivity index (χ2v) is 6.90. The SMILES string of the molecule is CC(C)NS(=O)(=O)c1ccc(Br)c2ccccc12. The van der Waals surface area contributed by atoms with Gasteiger partial charge in [0.25, 0.3) is 0 Å². The monoisotopic (exact) mass is 327 g/mol. The number of hydrogen-bond acceptors (Lipinski definition) is 2. The Morgan fingerprint density at radius 1 is 1.06 bits per heavy atom. The summed E-state index contributed by atoms with van der Waals surface area (Å²) in [5.41, 5.74) is 0. The Balaban J connectivity index is 2.70. The molecule has 3 nitrogen and oxygen atoms in total. The van der Waals surface area contributed by atoms with Gasteiger partial charge in [-0.15, -0.1) is 0 Å². The fourth-order valence-corrected chi connectivity index (χ4v) is 3.78. The number of hydrogen-bond donors (Lipinski definition) is 1. The summed E-state index contributed by atoms with van der Waals surface area (Å²) in [7, 11) is -3.47. The van der Waals surface area contributed by atoms with E-state index in [1.165, 1.54) is 0 Å². The molecule has 0 unspecified atom stereocenters. The van der Waals surface area contributed by atoms with Gasteiger partial charge in [-0.3, -0.25) is 0 Å². The highest BCUT2D eigenvalue weighted by Crippen LogP contribution is 2.29. The maximum atomic E-state index is 12.2. The molecule has 96 valence electrons. The zero-order valence-electron chi connectivity index (χ0n) is 10.1. The second-order valence-electron chi connectivity index (χ2n) is 4.37. The van der Waals surface area contributed by atoms with Crippen LogP contribution in [-0.2, 0) is 10.0 Å². The first-order valence-electron chi connectivity index (χ1n) is 5.61. The summed E-state index contributed by atoms with van der Waals surface area (Å²) in [6, 6.07) is 10.7. The number of rotatable bonds is 3. The molecule has 0 aliphatic carbocycles. The second kappa shape index (κ2) is 4.99. The molecule has 0 radical (unpaired) electrons. The van der Waals surface area contributed by atoms with E-state index in [1.807, 2.05) is 24.3 Å². The summed E-state index contributed by atoms with van der Waals surface area (Å²) in [6.07, 6.45) is 0. The van der Waals surface area contributed by atoms with Crippen molar-refractivity contribution in [2.45, 2.75) is 24.8 Å². The van der Waals surface area contributed by atoms with E-state index in [4.69, 9.17) is 0 Å². The van der Waals surface area contributed by atoms with E-state index in [1.54, 1.807) is 26.0 Å². The standard InChI is InChI=1S/C13H14BrNO2S/c1-9(2)15-18(16,17)13-8-7-12(14)10-5-3-4-6-11(10)13/h3-9,15H,1-2H3. The van der Waals surface area contributed by atoms with Gasteiger partial charge in [-0.25, -0.2) is 13.1 Å². The van der Waals surface area contributed by atoms with Gasteiger partial charge in [0.2, 0.25) is 10.0 Å². The lowest BCUT2D eigenvalue weighted by atomic mass is 10.1. The molecule has 0 saturated heterocycles. The zero-order chi connectivity index (χ0) is 13.3. The Morgan fingerprint density at radius 3 is 2.28 bits per heavy atom. The molecule has 0 aromatic heterocycles. The van der Waals surface area contributed by atoms with Crippen LogP contribution in [0.15, 0.2) is 45.8 Å². The molecule has 0 atom stereocenters. The lowest BCUT2D eigenvalue weighted by molar-refractivity contribution is 0.571. The van der Waals surface area contributed by atoms with Gasteiger partial charge in [-0.2, -0.15) is 0 Å². The van der Waals surface area contributed by atoms with Crippen molar-refractivity contribution in [3.8, 4) is 0 Å². The van der Waals surface area contributed by atoms with Crippen LogP contribution in [-0.4, -0.2) is 14.5 Å². The minimum absolute atomic E-state index is 0.127. The molecule has 2 aromatic carbocycles. The molecule has 0 amide bonds. The third kappa shape index (κ3) is 2.58. The lowest BCUT2D eigenvalue weighted by Gasteiger charge is -2.12. The predicted molar refractivity (Wildman–Crippen MR) is 77.1 cm³/mol. The van der Waals surface area contributed by atoms with E-state index in [0.717, 1.165) is 15.2 Å². The number of nitrogens with one attached hydrogen (secondary N) is 1. The first-order valence-corrected chi connectivity index (χ1v) is 7.89. The summed E-state index contributed by atoms with van der Waals surface area (Å²) in [4.78, 5) is 0.315. The summed E-state index contributed by atoms with van der Waals surface area (Å²) in [6.45, 7) is 3.61. The van der Waals surface area contributed by atoms with Crippen LogP contribution < -0.4 is 4.72 Å². The molecule has 1 N–H and O–H groups in total. The van der Waals surface area contributed by atoms with Crippen molar-refractivity contribution in [3.05, 3.63) is 40.9 Å². The topological polar surface area (TPSA) is 46.2 Å². The molecule has 0 spiro atoms. The summed E-state index contributed by atoms with van der Waals surface area (Å²) in [5.74, 6) is 0. The third-order valence-corrected chi connectivity index (χ3v) is 4.92. The van der Waals surface area contributed by atoms with Gasteiger partial charge in [0, 0.05) is 15.9 Å². The van der Waals surface area contributed by atoms with Gasteiger partial charge in [0.05, 0.1) is 4.90 Å². The van der Waals surface area contributed by atoms with Crippen LogP contribution in [0.5, 0.6) is 0 Å². The first-order chi connectivity index (χ1) is 8.42. The highest BCUT2D eigenvalue weighted by molar-refractivity contribution is 9.10. The predicted octanol–water partition coefficient (Wildman–Crippen LogP) is 3.29. The van der Waals surface area contributed by atoms with Gasteiger partial charge in [-0.05, 0) is 31.4 Å². The van der Waals surface area contributed by atoms with Crippen molar-refractivity contribution in [3.63, 3.8) is 0 Å². The van der Waals surface area contributed by atoms with E-state index in [0.29, 0.717) is 4.90 Å². The van der Waals surface area contributed by atoms with E-state index >= 15 is 0 Å². The normalized spacial score (nSPS) is 12.2. The van der Waals surface area contributed by atoms with Crippen molar-refractivity contribution in [2.75, 3.05) is 0 Å². The molecular weight excluding hydrogens is 314 g/mol. The maximum absolute atomic E-state index is 12.2. The van der Waals surface area contributed by atoms with Crippen LogP contribution in [0, 0.1) is 0 Å². The highest BCUT2D eigenvalue weighted by Gasteiger charge is 2.18. The molecule has 5 heteroatoms. The van der Waals surface area contributed by atoms with E-state index in [9.17, 15) is 8.42 Å². The smallest absolute Gasteiger partial charge is 0.209 e. The Hall–Kier alpha value is -0.910. The highest BCUT2D eigenvalue weighted by atomic mass is 79.9. The quantitative estimate of drug-likeness (QED) is 0.940. The molecule has 2 aromatic rings. The number of benzene rings is 2. The van der Waals surface area contributed by atoms with Crippen molar-refractivity contribution in [2.24, 2.45) is 0 Å². The largest absolute Gasteiger partial charge is 0.241 e. The van der Waals surface area contributed by atoms with E-state index in [2.05, 4.69) is 20.7 Å². The minimum atomic E-state index is -3.47. The summed E-state index contributed by atoms with van der Waals surface area (Å²) >= 11 is 3.43.